The topological polar surface area (TPSA) is 37.8 Å². The van der Waals surface area contributed by atoms with Crippen LogP contribution in [0.1, 0.15) is 26.3 Å². The first-order chi connectivity index (χ1) is 6.52. The van der Waals surface area contributed by atoms with Gasteiger partial charge in [-0.1, -0.05) is 25.4 Å². The highest BCUT2D eigenvalue weighted by Crippen LogP contribution is 2.19. The van der Waals surface area contributed by atoms with Crippen LogP contribution in [0.15, 0.2) is 6.33 Å². The Morgan fingerprint density at radius 2 is 1.93 bits per heavy atom. The first-order valence-corrected chi connectivity index (χ1v) is 5.13. The summed E-state index contributed by atoms with van der Waals surface area (Å²) in [4.78, 5) is 8.06. The number of anilines is 1. The molecular weight excluding hydrogens is 198 g/mol. The van der Waals surface area contributed by atoms with Crippen molar-refractivity contribution < 1.29 is 0 Å². The molecule has 78 valence electrons. The van der Waals surface area contributed by atoms with E-state index in [4.69, 9.17) is 11.6 Å². The number of rotatable bonds is 3. The van der Waals surface area contributed by atoms with Gasteiger partial charge in [0.15, 0.2) is 0 Å². The van der Waals surface area contributed by atoms with Crippen molar-refractivity contribution in [2.24, 2.45) is 5.92 Å². The Hall–Kier alpha value is -0.830. The van der Waals surface area contributed by atoms with Crippen molar-refractivity contribution in [2.75, 3.05) is 5.32 Å². The molecule has 1 unspecified atom stereocenters. The molecule has 0 saturated carbocycles. The Morgan fingerprint density at radius 3 is 2.50 bits per heavy atom. The van der Waals surface area contributed by atoms with Gasteiger partial charge < -0.3 is 5.32 Å². The van der Waals surface area contributed by atoms with E-state index in [1.165, 1.54) is 6.33 Å². The van der Waals surface area contributed by atoms with Crippen molar-refractivity contribution in [3.05, 3.63) is 17.0 Å². The number of hydrogen-bond acceptors (Lipinski definition) is 3. The molecule has 0 aliphatic heterocycles. The molecule has 3 nitrogen and oxygen atoms in total. The van der Waals surface area contributed by atoms with Crippen molar-refractivity contribution in [1.29, 1.82) is 0 Å². The molecule has 0 amide bonds. The Labute approximate surface area is 89.9 Å². The maximum atomic E-state index is 5.89. The Morgan fingerprint density at radius 1 is 1.29 bits per heavy atom. The average molecular weight is 214 g/mol. The largest absolute Gasteiger partial charge is 0.367 e. The van der Waals surface area contributed by atoms with E-state index in [9.17, 15) is 0 Å². The van der Waals surface area contributed by atoms with Gasteiger partial charge in [-0.15, -0.1) is 0 Å². The van der Waals surface area contributed by atoms with Crippen LogP contribution in [-0.2, 0) is 0 Å². The molecule has 0 bridgehead atoms. The second-order valence-electron chi connectivity index (χ2n) is 3.82. The van der Waals surface area contributed by atoms with Gasteiger partial charge in [0.25, 0.3) is 0 Å². The third-order valence-electron chi connectivity index (χ3n) is 2.39. The van der Waals surface area contributed by atoms with E-state index in [-0.39, 0.29) is 0 Å². The zero-order valence-corrected chi connectivity index (χ0v) is 9.76. The van der Waals surface area contributed by atoms with Gasteiger partial charge in [0.1, 0.15) is 17.3 Å². The van der Waals surface area contributed by atoms with Gasteiger partial charge in [-0.05, 0) is 19.8 Å². The van der Waals surface area contributed by atoms with Gasteiger partial charge >= 0.3 is 0 Å². The number of nitrogens with one attached hydrogen (secondary N) is 1. The summed E-state index contributed by atoms with van der Waals surface area (Å²) in [6.07, 6.45) is 1.48. The second kappa shape index (κ2) is 4.60. The fraction of sp³-hybridized carbons (Fsp3) is 0.600. The molecule has 0 aliphatic rings. The molecule has 4 heteroatoms. The molecule has 14 heavy (non-hydrogen) atoms. The number of hydrogen-bond donors (Lipinski definition) is 1. The number of aromatic nitrogens is 2. The fourth-order valence-corrected chi connectivity index (χ4v) is 1.09. The van der Waals surface area contributed by atoms with E-state index in [2.05, 4.69) is 36.1 Å². The van der Waals surface area contributed by atoms with Gasteiger partial charge in [-0.3, -0.25) is 0 Å². The average Bonchev–Trinajstić information content (AvgIpc) is 2.12. The Balaban J connectivity index is 2.82. The monoisotopic (exact) mass is 213 g/mol. The summed E-state index contributed by atoms with van der Waals surface area (Å²) in [5, 5.41) is 3.83. The summed E-state index contributed by atoms with van der Waals surface area (Å²) in [6, 6.07) is 0.375. The van der Waals surface area contributed by atoms with Crippen LogP contribution >= 0.6 is 11.6 Å². The first-order valence-electron chi connectivity index (χ1n) is 4.76. The highest BCUT2D eigenvalue weighted by molar-refractivity contribution is 6.30. The third kappa shape index (κ3) is 2.58. The van der Waals surface area contributed by atoms with Crippen molar-refractivity contribution in [3.63, 3.8) is 0 Å². The molecule has 0 radical (unpaired) electrons. The summed E-state index contributed by atoms with van der Waals surface area (Å²) in [5.41, 5.74) is 0.904. The van der Waals surface area contributed by atoms with Gasteiger partial charge in [-0.2, -0.15) is 0 Å². The van der Waals surface area contributed by atoms with Crippen LogP contribution in [0, 0.1) is 12.8 Å². The van der Waals surface area contributed by atoms with Gasteiger partial charge in [-0.25, -0.2) is 9.97 Å². The van der Waals surface area contributed by atoms with Crippen molar-refractivity contribution in [1.82, 2.24) is 9.97 Å². The van der Waals surface area contributed by atoms with Crippen LogP contribution in [0.25, 0.3) is 0 Å². The summed E-state index contributed by atoms with van der Waals surface area (Å²) in [5.74, 6) is 1.38. The molecule has 0 spiro atoms. The molecule has 1 heterocycles. The smallest absolute Gasteiger partial charge is 0.137 e. The fourth-order valence-electron chi connectivity index (χ4n) is 0.956. The SMILES string of the molecule is Cc1c(Cl)ncnc1NC(C)C(C)C. The highest BCUT2D eigenvalue weighted by Gasteiger charge is 2.10. The summed E-state index contributed by atoms with van der Waals surface area (Å²) >= 11 is 5.89. The summed E-state index contributed by atoms with van der Waals surface area (Å²) in [7, 11) is 0. The van der Waals surface area contributed by atoms with Gasteiger partial charge in [0.2, 0.25) is 0 Å². The van der Waals surface area contributed by atoms with Crippen LogP contribution in [0.3, 0.4) is 0 Å². The van der Waals surface area contributed by atoms with E-state index in [0.717, 1.165) is 11.4 Å². The lowest BCUT2D eigenvalue weighted by Gasteiger charge is -2.19. The minimum atomic E-state index is 0.375. The third-order valence-corrected chi connectivity index (χ3v) is 2.77. The number of nitrogens with zero attached hydrogens (tertiary/aromatic N) is 2. The van der Waals surface area contributed by atoms with E-state index in [0.29, 0.717) is 17.1 Å². The van der Waals surface area contributed by atoms with Crippen LogP contribution in [-0.4, -0.2) is 16.0 Å². The van der Waals surface area contributed by atoms with Crippen LogP contribution in [0.4, 0.5) is 5.82 Å². The first kappa shape index (κ1) is 11.2. The summed E-state index contributed by atoms with van der Waals surface area (Å²) < 4.78 is 0. The molecule has 1 N–H and O–H groups in total. The van der Waals surface area contributed by atoms with Crippen LogP contribution in [0.2, 0.25) is 5.15 Å². The zero-order valence-electron chi connectivity index (χ0n) is 9.00. The quantitative estimate of drug-likeness (QED) is 0.785. The minimum Gasteiger partial charge on any atom is -0.367 e. The summed E-state index contributed by atoms with van der Waals surface area (Å²) in [6.45, 7) is 8.36. The van der Waals surface area contributed by atoms with Crippen molar-refractivity contribution in [2.45, 2.75) is 33.7 Å². The van der Waals surface area contributed by atoms with Gasteiger partial charge in [0.05, 0.1) is 0 Å². The molecule has 0 aliphatic carbocycles. The standard InChI is InChI=1S/C10H16ClN3/c1-6(2)8(4)14-10-7(3)9(11)12-5-13-10/h5-6,8H,1-4H3,(H,12,13,14). The highest BCUT2D eigenvalue weighted by atomic mass is 35.5. The molecule has 1 atom stereocenters. The number of halogens is 1. The van der Waals surface area contributed by atoms with E-state index in [1.54, 1.807) is 0 Å². The van der Waals surface area contributed by atoms with E-state index >= 15 is 0 Å². The van der Waals surface area contributed by atoms with Crippen molar-refractivity contribution in [3.8, 4) is 0 Å². The predicted molar refractivity (Wildman–Crippen MR) is 59.7 cm³/mol. The lowest BCUT2D eigenvalue weighted by atomic mass is 10.1. The Bertz CT molecular complexity index is 312. The molecular formula is C10H16ClN3. The zero-order chi connectivity index (χ0) is 10.7. The molecule has 0 aromatic carbocycles. The van der Waals surface area contributed by atoms with Gasteiger partial charge in [0, 0.05) is 11.6 Å². The molecule has 1 rings (SSSR count). The van der Waals surface area contributed by atoms with Crippen molar-refractivity contribution >= 4 is 17.4 Å². The maximum absolute atomic E-state index is 5.89. The normalized spacial score (nSPS) is 13.0. The van der Waals surface area contributed by atoms with E-state index < -0.39 is 0 Å². The van der Waals surface area contributed by atoms with Crippen LogP contribution < -0.4 is 5.32 Å². The lowest BCUT2D eigenvalue weighted by molar-refractivity contribution is 0.558. The lowest BCUT2D eigenvalue weighted by Crippen LogP contribution is -2.22. The molecule has 1 aromatic heterocycles. The van der Waals surface area contributed by atoms with Crippen LogP contribution in [0.5, 0.6) is 0 Å². The second-order valence-corrected chi connectivity index (χ2v) is 4.17. The predicted octanol–water partition coefficient (Wildman–Crippen LogP) is 2.89. The molecule has 0 saturated heterocycles. The molecule has 0 fully saturated rings. The molecule has 1 aromatic rings. The van der Waals surface area contributed by atoms with E-state index in [1.807, 2.05) is 6.92 Å². The minimum absolute atomic E-state index is 0.375. The Kier molecular flexibility index (Phi) is 3.69. The maximum Gasteiger partial charge on any atom is 0.137 e.